The van der Waals surface area contributed by atoms with Gasteiger partial charge in [-0.25, -0.2) is 8.42 Å². The maximum Gasteiger partial charge on any atom is 0.247 e. The number of hydrogen-bond acceptors (Lipinski definition) is 3. The SMILES string of the molecule is O=C(NCc1ccccc1S(=O)(=O)N1CCCCC1)C1=CCCC1. The van der Waals surface area contributed by atoms with Crippen molar-refractivity contribution in [2.24, 2.45) is 0 Å². The van der Waals surface area contributed by atoms with E-state index in [1.807, 2.05) is 12.1 Å². The van der Waals surface area contributed by atoms with Crippen LogP contribution in [0.15, 0.2) is 40.8 Å². The molecule has 1 aromatic rings. The Morgan fingerprint density at radius 2 is 1.83 bits per heavy atom. The van der Waals surface area contributed by atoms with Crippen LogP contribution in [0.1, 0.15) is 44.1 Å². The third-order valence-corrected chi connectivity index (χ3v) is 6.68. The highest BCUT2D eigenvalue weighted by Crippen LogP contribution is 2.24. The van der Waals surface area contributed by atoms with Gasteiger partial charge in [-0.05, 0) is 43.7 Å². The minimum atomic E-state index is -3.49. The number of amides is 1. The summed E-state index contributed by atoms with van der Waals surface area (Å²) < 4.78 is 27.4. The second-order valence-electron chi connectivity index (χ2n) is 6.38. The van der Waals surface area contributed by atoms with Crippen LogP contribution in [0.5, 0.6) is 0 Å². The van der Waals surface area contributed by atoms with Crippen LogP contribution in [0.25, 0.3) is 0 Å². The molecular formula is C18H24N2O3S. The van der Waals surface area contributed by atoms with Gasteiger partial charge in [-0.3, -0.25) is 4.79 Å². The number of rotatable bonds is 5. The normalized spacial score (nSPS) is 19.1. The molecule has 0 saturated carbocycles. The van der Waals surface area contributed by atoms with Gasteiger partial charge in [0.25, 0.3) is 0 Å². The summed E-state index contributed by atoms with van der Waals surface area (Å²) in [5, 5.41) is 2.87. The van der Waals surface area contributed by atoms with Crippen LogP contribution in [-0.4, -0.2) is 31.7 Å². The Hall–Kier alpha value is -1.66. The zero-order chi connectivity index (χ0) is 17.0. The lowest BCUT2D eigenvalue weighted by Gasteiger charge is -2.26. The summed E-state index contributed by atoms with van der Waals surface area (Å²) in [6.45, 7) is 1.39. The van der Waals surface area contributed by atoms with Crippen LogP contribution < -0.4 is 5.32 Å². The zero-order valence-electron chi connectivity index (χ0n) is 13.8. The van der Waals surface area contributed by atoms with Crippen LogP contribution >= 0.6 is 0 Å². The average Bonchev–Trinajstić information content (AvgIpc) is 3.15. The molecule has 0 unspecified atom stereocenters. The molecule has 0 aromatic heterocycles. The van der Waals surface area contributed by atoms with E-state index in [4.69, 9.17) is 0 Å². The van der Waals surface area contributed by atoms with Gasteiger partial charge < -0.3 is 5.32 Å². The lowest BCUT2D eigenvalue weighted by molar-refractivity contribution is -0.117. The van der Waals surface area contributed by atoms with Crippen molar-refractivity contribution in [1.82, 2.24) is 9.62 Å². The molecule has 0 atom stereocenters. The van der Waals surface area contributed by atoms with Crippen LogP contribution in [0.4, 0.5) is 0 Å². The fourth-order valence-electron chi connectivity index (χ4n) is 3.31. The Morgan fingerprint density at radius 1 is 1.08 bits per heavy atom. The van der Waals surface area contributed by atoms with Crippen molar-refractivity contribution in [3.8, 4) is 0 Å². The molecule has 0 radical (unpaired) electrons. The van der Waals surface area contributed by atoms with Crippen molar-refractivity contribution < 1.29 is 13.2 Å². The Morgan fingerprint density at radius 3 is 2.54 bits per heavy atom. The van der Waals surface area contributed by atoms with Gasteiger partial charge in [-0.2, -0.15) is 4.31 Å². The number of carbonyl (C=O) groups is 1. The Balaban J connectivity index is 1.76. The summed E-state index contributed by atoms with van der Waals surface area (Å²) >= 11 is 0. The van der Waals surface area contributed by atoms with Crippen LogP contribution in [0.2, 0.25) is 0 Å². The van der Waals surface area contributed by atoms with Crippen molar-refractivity contribution in [2.45, 2.75) is 50.0 Å². The Kier molecular flexibility index (Phi) is 5.36. The molecule has 0 spiro atoms. The molecule has 1 aliphatic heterocycles. The molecule has 130 valence electrons. The van der Waals surface area contributed by atoms with Crippen LogP contribution in [0, 0.1) is 0 Å². The van der Waals surface area contributed by atoms with Crippen LogP contribution in [-0.2, 0) is 21.4 Å². The number of nitrogens with zero attached hydrogens (tertiary/aromatic N) is 1. The molecule has 2 aliphatic rings. The third kappa shape index (κ3) is 3.70. The third-order valence-electron chi connectivity index (χ3n) is 4.68. The number of allylic oxidation sites excluding steroid dienone is 1. The van der Waals surface area contributed by atoms with Gasteiger partial charge in [0, 0.05) is 25.2 Å². The molecule has 1 saturated heterocycles. The van der Waals surface area contributed by atoms with Crippen molar-refractivity contribution in [3.63, 3.8) is 0 Å². The summed E-state index contributed by atoms with van der Waals surface area (Å²) in [4.78, 5) is 12.5. The first-order chi connectivity index (χ1) is 11.6. The van der Waals surface area contributed by atoms with Crippen molar-refractivity contribution in [1.29, 1.82) is 0 Å². The molecule has 0 bridgehead atoms. The Bertz CT molecular complexity index is 734. The van der Waals surface area contributed by atoms with E-state index in [1.54, 1.807) is 22.5 Å². The van der Waals surface area contributed by atoms with E-state index in [0.717, 1.165) is 44.1 Å². The molecule has 1 amide bonds. The quantitative estimate of drug-likeness (QED) is 0.889. The predicted molar refractivity (Wildman–Crippen MR) is 92.8 cm³/mol. The highest BCUT2D eigenvalue weighted by atomic mass is 32.2. The second kappa shape index (κ2) is 7.49. The average molecular weight is 348 g/mol. The van der Waals surface area contributed by atoms with E-state index < -0.39 is 10.0 Å². The maximum atomic E-state index is 12.9. The van der Waals surface area contributed by atoms with Gasteiger partial charge in [0.1, 0.15) is 0 Å². The fraction of sp³-hybridized carbons (Fsp3) is 0.500. The predicted octanol–water partition coefficient (Wildman–Crippen LogP) is 2.59. The molecule has 6 heteroatoms. The van der Waals surface area contributed by atoms with Crippen molar-refractivity contribution >= 4 is 15.9 Å². The van der Waals surface area contributed by atoms with Gasteiger partial charge >= 0.3 is 0 Å². The first-order valence-electron chi connectivity index (χ1n) is 8.64. The lowest BCUT2D eigenvalue weighted by atomic mass is 10.2. The fourth-order valence-corrected chi connectivity index (χ4v) is 5.05. The minimum Gasteiger partial charge on any atom is -0.348 e. The minimum absolute atomic E-state index is 0.0855. The number of piperidine rings is 1. The summed E-state index contributed by atoms with van der Waals surface area (Å²) in [5.74, 6) is -0.0855. The number of hydrogen-bond donors (Lipinski definition) is 1. The van der Waals surface area contributed by atoms with Gasteiger partial charge in [0.05, 0.1) is 4.90 Å². The molecular weight excluding hydrogens is 324 g/mol. The summed E-state index contributed by atoms with van der Waals surface area (Å²) in [7, 11) is -3.49. The summed E-state index contributed by atoms with van der Waals surface area (Å²) in [6, 6.07) is 6.97. The molecule has 1 aromatic carbocycles. The topological polar surface area (TPSA) is 66.5 Å². The molecule has 5 nitrogen and oxygen atoms in total. The van der Waals surface area contributed by atoms with Crippen LogP contribution in [0.3, 0.4) is 0 Å². The highest BCUT2D eigenvalue weighted by Gasteiger charge is 2.28. The van der Waals surface area contributed by atoms with Gasteiger partial charge in [0.2, 0.25) is 15.9 Å². The number of nitrogens with one attached hydrogen (secondary N) is 1. The Labute approximate surface area is 143 Å². The van der Waals surface area contributed by atoms with E-state index in [2.05, 4.69) is 5.32 Å². The smallest absolute Gasteiger partial charge is 0.247 e. The number of sulfonamides is 1. The first-order valence-corrected chi connectivity index (χ1v) is 10.1. The van der Waals surface area contributed by atoms with Gasteiger partial charge in [-0.15, -0.1) is 0 Å². The maximum absolute atomic E-state index is 12.9. The lowest BCUT2D eigenvalue weighted by Crippen LogP contribution is -2.36. The zero-order valence-corrected chi connectivity index (χ0v) is 14.6. The number of benzene rings is 1. The van der Waals surface area contributed by atoms with E-state index in [9.17, 15) is 13.2 Å². The molecule has 1 fully saturated rings. The largest absolute Gasteiger partial charge is 0.348 e. The van der Waals surface area contributed by atoms with E-state index in [-0.39, 0.29) is 12.5 Å². The number of carbonyl (C=O) groups excluding carboxylic acids is 1. The second-order valence-corrected chi connectivity index (χ2v) is 8.28. The summed E-state index contributed by atoms with van der Waals surface area (Å²) in [6.07, 6.45) is 7.63. The molecule has 1 aliphatic carbocycles. The molecule has 24 heavy (non-hydrogen) atoms. The highest BCUT2D eigenvalue weighted by molar-refractivity contribution is 7.89. The van der Waals surface area contributed by atoms with Gasteiger partial charge in [0.15, 0.2) is 0 Å². The molecule has 3 rings (SSSR count). The van der Waals surface area contributed by atoms with Gasteiger partial charge in [-0.1, -0.05) is 30.7 Å². The van der Waals surface area contributed by atoms with Crippen molar-refractivity contribution in [3.05, 3.63) is 41.5 Å². The monoisotopic (exact) mass is 348 g/mol. The molecule has 1 heterocycles. The standard InChI is InChI=1S/C18H24N2O3S/c21-18(15-8-2-3-9-15)19-14-16-10-4-5-11-17(16)24(22,23)20-12-6-1-7-13-20/h4-5,8,10-11H,1-3,6-7,9,12-14H2,(H,19,21). The van der Waals surface area contributed by atoms with E-state index >= 15 is 0 Å². The first kappa shape index (κ1) is 17.2. The summed E-state index contributed by atoms with van der Waals surface area (Å²) in [5.41, 5.74) is 1.46. The molecule has 1 N–H and O–H groups in total. The van der Waals surface area contributed by atoms with E-state index in [0.29, 0.717) is 23.5 Å². The van der Waals surface area contributed by atoms with Crippen molar-refractivity contribution in [2.75, 3.05) is 13.1 Å². The van der Waals surface area contributed by atoms with E-state index in [1.165, 1.54) is 0 Å².